The summed E-state index contributed by atoms with van der Waals surface area (Å²) in [7, 11) is 1.45. The number of carbonyl (C=O) groups is 4. The Hall–Kier alpha value is -3.52. The van der Waals surface area contributed by atoms with Crippen LogP contribution >= 0.6 is 0 Å². The summed E-state index contributed by atoms with van der Waals surface area (Å²) in [5.41, 5.74) is 1.86. The molecular weight excluding hydrogens is 414 g/mol. The number of ketones is 2. The molecule has 1 saturated heterocycles. The topological polar surface area (TPSA) is 121 Å². The lowest BCUT2D eigenvalue weighted by Crippen LogP contribution is -2.39. The second-order valence-corrected chi connectivity index (χ2v) is 8.61. The predicted molar refractivity (Wildman–Crippen MR) is 110 cm³/mol. The van der Waals surface area contributed by atoms with E-state index in [4.69, 9.17) is 4.74 Å². The van der Waals surface area contributed by atoms with Crippen LogP contribution in [0.15, 0.2) is 52.6 Å². The first-order valence-corrected chi connectivity index (χ1v) is 10.4. The number of aromatic hydroxyl groups is 1. The van der Waals surface area contributed by atoms with E-state index in [0.29, 0.717) is 22.5 Å². The number of hydrogen-bond acceptors (Lipinski definition) is 7. The number of methoxy groups -OCH3 is 1. The van der Waals surface area contributed by atoms with Gasteiger partial charge in [0.2, 0.25) is 0 Å². The zero-order valence-electron chi connectivity index (χ0n) is 17.5. The Morgan fingerprint density at radius 1 is 1.09 bits per heavy atom. The average molecular weight is 435 g/mol. The van der Waals surface area contributed by atoms with Gasteiger partial charge in [-0.25, -0.2) is 0 Å². The number of ether oxygens (including phenoxy) is 1. The van der Waals surface area contributed by atoms with Gasteiger partial charge in [-0.2, -0.15) is 5.06 Å². The van der Waals surface area contributed by atoms with Crippen molar-refractivity contribution < 1.29 is 34.2 Å². The molecule has 2 N–H and O–H groups in total. The lowest BCUT2D eigenvalue weighted by Gasteiger charge is -2.42. The Kier molecular flexibility index (Phi) is 4.46. The van der Waals surface area contributed by atoms with Crippen molar-refractivity contribution in [3.63, 3.8) is 0 Å². The molecule has 8 nitrogen and oxygen atoms in total. The Morgan fingerprint density at radius 3 is 2.56 bits per heavy atom. The molecule has 2 amide bonds. The van der Waals surface area contributed by atoms with Gasteiger partial charge in [0.05, 0.1) is 18.9 Å². The highest BCUT2D eigenvalue weighted by Gasteiger charge is 2.56. The smallest absolute Gasteiger partial charge is 0.257 e. The Labute approximate surface area is 183 Å². The molecule has 5 rings (SSSR count). The number of nitrogens with zero attached hydrogens (tertiary/aromatic N) is 1. The third-order valence-electron chi connectivity index (χ3n) is 7.09. The molecule has 1 aliphatic heterocycles. The fraction of sp³-hybridized carbons (Fsp3) is 0.333. The lowest BCUT2D eigenvalue weighted by atomic mass is 9.59. The van der Waals surface area contributed by atoms with E-state index >= 15 is 0 Å². The van der Waals surface area contributed by atoms with Crippen LogP contribution in [-0.4, -0.2) is 45.9 Å². The summed E-state index contributed by atoms with van der Waals surface area (Å²) in [5, 5.41) is 20.9. The number of imide groups is 1. The first-order chi connectivity index (χ1) is 15.3. The molecule has 8 heteroatoms. The largest absolute Gasteiger partial charge is 0.507 e. The van der Waals surface area contributed by atoms with Crippen molar-refractivity contribution in [2.75, 3.05) is 7.11 Å². The Morgan fingerprint density at radius 2 is 1.84 bits per heavy atom. The molecule has 0 radical (unpaired) electrons. The zero-order chi connectivity index (χ0) is 22.9. The van der Waals surface area contributed by atoms with Crippen molar-refractivity contribution >= 4 is 23.4 Å². The van der Waals surface area contributed by atoms with Crippen molar-refractivity contribution in [2.24, 2.45) is 17.8 Å². The number of hydroxylamine groups is 2. The van der Waals surface area contributed by atoms with E-state index in [2.05, 4.69) is 0 Å². The summed E-state index contributed by atoms with van der Waals surface area (Å²) in [6.45, 7) is 1.57. The number of allylic oxidation sites excluding steroid dienone is 6. The van der Waals surface area contributed by atoms with Gasteiger partial charge in [0, 0.05) is 28.2 Å². The van der Waals surface area contributed by atoms with E-state index in [1.165, 1.54) is 19.3 Å². The van der Waals surface area contributed by atoms with Gasteiger partial charge in [-0.1, -0.05) is 17.7 Å². The first kappa shape index (κ1) is 20.4. The summed E-state index contributed by atoms with van der Waals surface area (Å²) in [6, 6.07) is 4.74. The van der Waals surface area contributed by atoms with Crippen molar-refractivity contribution in [3.05, 3.63) is 58.2 Å². The number of Topliss-reactive ketones (excluding diaryl/α,β-unsaturated/α-hetero) is 1. The van der Waals surface area contributed by atoms with Crippen LogP contribution in [0.1, 0.15) is 31.2 Å². The van der Waals surface area contributed by atoms with E-state index in [9.17, 15) is 29.5 Å². The molecule has 164 valence electrons. The van der Waals surface area contributed by atoms with Gasteiger partial charge >= 0.3 is 0 Å². The standard InChI is InChI=1S/C24H21NO7/c1-10-8-16(27)14-9-13-11(6-7-12-18(13)24(30)25(31)23(12)29)19(20(14)22(10)28)21-15(26)4-3-5-17(21)32-2/h3-6,8,12-13,18-19,26,31H,7,9H2,1-2H3/t12-,13+,18-,19-/m0/s1. The molecule has 0 aromatic heterocycles. The van der Waals surface area contributed by atoms with Gasteiger partial charge < -0.3 is 9.84 Å². The zero-order valence-corrected chi connectivity index (χ0v) is 17.5. The number of amides is 2. The third-order valence-corrected chi connectivity index (χ3v) is 7.09. The SMILES string of the molecule is COc1cccc(O)c1[C@H]1C2=CC[C@@H]3C(=O)N(O)C(=O)[C@@H]3[C@@H]2CC2=C1C(=O)C(C)=CC2=O. The molecule has 1 aromatic carbocycles. The first-order valence-electron chi connectivity index (χ1n) is 10.4. The monoisotopic (exact) mass is 435 g/mol. The molecule has 3 aliphatic carbocycles. The van der Waals surface area contributed by atoms with Crippen LogP contribution in [0.3, 0.4) is 0 Å². The Bertz CT molecular complexity index is 1200. The molecule has 0 bridgehead atoms. The van der Waals surface area contributed by atoms with Crippen LogP contribution in [0, 0.1) is 17.8 Å². The van der Waals surface area contributed by atoms with Crippen molar-refractivity contribution in [3.8, 4) is 11.5 Å². The van der Waals surface area contributed by atoms with E-state index in [0.717, 1.165) is 0 Å². The molecule has 0 unspecified atom stereocenters. The minimum absolute atomic E-state index is 0.102. The van der Waals surface area contributed by atoms with Crippen LogP contribution in [0.4, 0.5) is 0 Å². The second-order valence-electron chi connectivity index (χ2n) is 8.61. The molecule has 0 saturated carbocycles. The van der Waals surface area contributed by atoms with E-state index in [-0.39, 0.29) is 46.4 Å². The molecule has 32 heavy (non-hydrogen) atoms. The number of carbonyl (C=O) groups excluding carboxylic acids is 4. The molecule has 4 atom stereocenters. The summed E-state index contributed by atoms with van der Waals surface area (Å²) in [5.74, 6) is -4.68. The summed E-state index contributed by atoms with van der Waals surface area (Å²) in [4.78, 5) is 51.4. The number of benzene rings is 1. The quantitative estimate of drug-likeness (QED) is 0.316. The predicted octanol–water partition coefficient (Wildman–Crippen LogP) is 2.22. The van der Waals surface area contributed by atoms with Gasteiger partial charge in [-0.05, 0) is 43.9 Å². The maximum absolute atomic E-state index is 13.3. The summed E-state index contributed by atoms with van der Waals surface area (Å²) < 4.78 is 5.48. The molecule has 4 aliphatic rings. The lowest BCUT2D eigenvalue weighted by molar-refractivity contribution is -0.173. The van der Waals surface area contributed by atoms with Crippen molar-refractivity contribution in [2.45, 2.75) is 25.7 Å². The second kappa shape index (κ2) is 7.00. The van der Waals surface area contributed by atoms with E-state index in [1.807, 2.05) is 6.08 Å². The number of phenols is 1. The molecule has 1 heterocycles. The van der Waals surface area contributed by atoms with Crippen LogP contribution in [-0.2, 0) is 19.2 Å². The van der Waals surface area contributed by atoms with E-state index < -0.39 is 35.5 Å². The molecule has 1 fully saturated rings. The molecular formula is C24H21NO7. The highest BCUT2D eigenvalue weighted by atomic mass is 16.5. The normalized spacial score (nSPS) is 29.4. The highest BCUT2D eigenvalue weighted by molar-refractivity contribution is 6.24. The van der Waals surface area contributed by atoms with Crippen LogP contribution in [0.2, 0.25) is 0 Å². The Balaban J connectivity index is 1.77. The maximum atomic E-state index is 13.3. The maximum Gasteiger partial charge on any atom is 0.257 e. The van der Waals surface area contributed by atoms with E-state index in [1.54, 1.807) is 19.1 Å². The summed E-state index contributed by atoms with van der Waals surface area (Å²) in [6.07, 6.45) is 3.41. The number of hydrogen-bond donors (Lipinski definition) is 2. The third kappa shape index (κ3) is 2.59. The minimum Gasteiger partial charge on any atom is -0.507 e. The molecule has 1 aromatic rings. The van der Waals surface area contributed by atoms with Crippen molar-refractivity contribution in [1.29, 1.82) is 0 Å². The van der Waals surface area contributed by atoms with Crippen LogP contribution in [0.25, 0.3) is 0 Å². The fourth-order valence-corrected chi connectivity index (χ4v) is 5.68. The average Bonchev–Trinajstić information content (AvgIpc) is 3.00. The number of fused-ring (bicyclic) bond motifs is 3. The number of rotatable bonds is 2. The van der Waals surface area contributed by atoms with Crippen LogP contribution < -0.4 is 4.74 Å². The van der Waals surface area contributed by atoms with Gasteiger partial charge in [0.15, 0.2) is 11.6 Å². The highest BCUT2D eigenvalue weighted by Crippen LogP contribution is 2.57. The minimum atomic E-state index is -0.837. The van der Waals surface area contributed by atoms with Gasteiger partial charge in [-0.3, -0.25) is 24.4 Å². The van der Waals surface area contributed by atoms with Gasteiger partial charge in [0.1, 0.15) is 11.5 Å². The number of phenolic OH excluding ortho intramolecular Hbond substituents is 1. The van der Waals surface area contributed by atoms with Crippen molar-refractivity contribution in [1.82, 2.24) is 5.06 Å². The fourth-order valence-electron chi connectivity index (χ4n) is 5.68. The van der Waals surface area contributed by atoms with Gasteiger partial charge in [0.25, 0.3) is 11.8 Å². The molecule has 0 spiro atoms. The van der Waals surface area contributed by atoms with Gasteiger partial charge in [-0.15, -0.1) is 0 Å². The summed E-state index contributed by atoms with van der Waals surface area (Å²) >= 11 is 0. The van der Waals surface area contributed by atoms with Crippen LogP contribution in [0.5, 0.6) is 11.5 Å².